The summed E-state index contributed by atoms with van der Waals surface area (Å²) in [5.41, 5.74) is 5.48. The Balaban J connectivity index is 2.56. The number of hydrogen-bond donors (Lipinski definition) is 1. The first kappa shape index (κ1) is 13.5. The second-order valence-corrected chi connectivity index (χ2v) is 5.48. The molecule has 1 fully saturated rings. The van der Waals surface area contributed by atoms with Crippen LogP contribution in [0.3, 0.4) is 0 Å². The lowest BCUT2D eigenvalue weighted by Crippen LogP contribution is -2.50. The lowest BCUT2D eigenvalue weighted by molar-refractivity contribution is -0.152. The molecule has 2 N–H and O–H groups in total. The standard InChI is InChI=1S/C12H24N2O2/c1-9-7-10(13)5-6-14(9)8-12(2,3)11(15)16-4/h9-10H,5-8,13H2,1-4H3. The Morgan fingerprint density at radius 3 is 2.69 bits per heavy atom. The van der Waals surface area contributed by atoms with E-state index in [2.05, 4.69) is 11.8 Å². The number of hydrogen-bond acceptors (Lipinski definition) is 4. The van der Waals surface area contributed by atoms with Crippen LogP contribution >= 0.6 is 0 Å². The van der Waals surface area contributed by atoms with Gasteiger partial charge in [-0.25, -0.2) is 0 Å². The maximum absolute atomic E-state index is 11.6. The van der Waals surface area contributed by atoms with Crippen molar-refractivity contribution in [3.05, 3.63) is 0 Å². The summed E-state index contributed by atoms with van der Waals surface area (Å²) >= 11 is 0. The monoisotopic (exact) mass is 228 g/mol. The SMILES string of the molecule is COC(=O)C(C)(C)CN1CCC(N)CC1C. The summed E-state index contributed by atoms with van der Waals surface area (Å²) in [7, 11) is 1.44. The third-order valence-electron chi connectivity index (χ3n) is 3.39. The number of ether oxygens (including phenoxy) is 1. The van der Waals surface area contributed by atoms with E-state index in [0.717, 1.165) is 25.9 Å². The van der Waals surface area contributed by atoms with E-state index < -0.39 is 5.41 Å². The first-order valence-corrected chi connectivity index (χ1v) is 5.95. The molecule has 4 nitrogen and oxygen atoms in total. The van der Waals surface area contributed by atoms with Crippen LogP contribution in [0.25, 0.3) is 0 Å². The van der Waals surface area contributed by atoms with Crippen molar-refractivity contribution >= 4 is 5.97 Å². The summed E-state index contributed by atoms with van der Waals surface area (Å²) in [5, 5.41) is 0. The van der Waals surface area contributed by atoms with Crippen molar-refractivity contribution in [3.63, 3.8) is 0 Å². The fourth-order valence-corrected chi connectivity index (χ4v) is 2.34. The minimum atomic E-state index is -0.440. The Labute approximate surface area is 98.1 Å². The molecule has 1 rings (SSSR count). The minimum Gasteiger partial charge on any atom is -0.469 e. The zero-order valence-corrected chi connectivity index (χ0v) is 10.8. The van der Waals surface area contributed by atoms with Crippen LogP contribution in [0.4, 0.5) is 0 Å². The fourth-order valence-electron chi connectivity index (χ4n) is 2.34. The zero-order chi connectivity index (χ0) is 12.3. The lowest BCUT2D eigenvalue weighted by Gasteiger charge is -2.39. The molecule has 0 aromatic heterocycles. The van der Waals surface area contributed by atoms with Gasteiger partial charge in [0.2, 0.25) is 0 Å². The van der Waals surface area contributed by atoms with Crippen molar-refractivity contribution in [2.45, 2.75) is 45.7 Å². The molecule has 4 heteroatoms. The van der Waals surface area contributed by atoms with Crippen molar-refractivity contribution in [3.8, 4) is 0 Å². The number of methoxy groups -OCH3 is 1. The summed E-state index contributed by atoms with van der Waals surface area (Å²) in [5.74, 6) is -0.144. The van der Waals surface area contributed by atoms with Gasteiger partial charge in [0.1, 0.15) is 0 Å². The average Bonchev–Trinajstić information content (AvgIpc) is 2.21. The molecule has 1 aliphatic rings. The number of carbonyl (C=O) groups is 1. The van der Waals surface area contributed by atoms with Crippen molar-refractivity contribution in [2.75, 3.05) is 20.2 Å². The Kier molecular flexibility index (Phi) is 4.33. The topological polar surface area (TPSA) is 55.6 Å². The Morgan fingerprint density at radius 1 is 1.56 bits per heavy atom. The molecule has 2 atom stereocenters. The first-order valence-electron chi connectivity index (χ1n) is 5.95. The van der Waals surface area contributed by atoms with Gasteiger partial charge in [0, 0.05) is 18.6 Å². The molecule has 94 valence electrons. The van der Waals surface area contributed by atoms with Crippen LogP contribution in [0.2, 0.25) is 0 Å². The van der Waals surface area contributed by atoms with Crippen LogP contribution in [0.1, 0.15) is 33.6 Å². The number of nitrogens with zero attached hydrogens (tertiary/aromatic N) is 1. The second kappa shape index (κ2) is 5.15. The van der Waals surface area contributed by atoms with Gasteiger partial charge in [-0.05, 0) is 40.2 Å². The minimum absolute atomic E-state index is 0.144. The Morgan fingerprint density at radius 2 is 2.19 bits per heavy atom. The van der Waals surface area contributed by atoms with Gasteiger partial charge in [0.05, 0.1) is 12.5 Å². The molecule has 0 spiro atoms. The van der Waals surface area contributed by atoms with Crippen LogP contribution < -0.4 is 5.73 Å². The van der Waals surface area contributed by atoms with E-state index >= 15 is 0 Å². The van der Waals surface area contributed by atoms with E-state index in [1.807, 2.05) is 13.8 Å². The number of rotatable bonds is 3. The smallest absolute Gasteiger partial charge is 0.312 e. The highest BCUT2D eigenvalue weighted by molar-refractivity contribution is 5.76. The second-order valence-electron chi connectivity index (χ2n) is 5.48. The van der Waals surface area contributed by atoms with Gasteiger partial charge in [-0.15, -0.1) is 0 Å². The highest BCUT2D eigenvalue weighted by Gasteiger charge is 2.34. The number of likely N-dealkylation sites (tertiary alicyclic amines) is 1. The van der Waals surface area contributed by atoms with Crippen LogP contribution in [-0.2, 0) is 9.53 Å². The molecule has 0 amide bonds. The molecule has 1 saturated heterocycles. The van der Waals surface area contributed by atoms with E-state index in [-0.39, 0.29) is 5.97 Å². The van der Waals surface area contributed by atoms with E-state index in [4.69, 9.17) is 10.5 Å². The largest absolute Gasteiger partial charge is 0.469 e. The predicted octanol–water partition coefficient (Wildman–Crippen LogP) is 0.997. The maximum atomic E-state index is 11.6. The van der Waals surface area contributed by atoms with Crippen molar-refractivity contribution in [1.29, 1.82) is 0 Å². The third kappa shape index (κ3) is 3.19. The summed E-state index contributed by atoms with van der Waals surface area (Å²) in [6.45, 7) is 7.75. The highest BCUT2D eigenvalue weighted by atomic mass is 16.5. The molecule has 0 aliphatic carbocycles. The summed E-state index contributed by atoms with van der Waals surface area (Å²) in [4.78, 5) is 13.9. The Bertz CT molecular complexity index is 253. The molecular formula is C12H24N2O2. The molecule has 0 aromatic rings. The summed E-state index contributed by atoms with van der Waals surface area (Å²) < 4.78 is 4.82. The first-order chi connectivity index (χ1) is 7.36. The van der Waals surface area contributed by atoms with E-state index in [9.17, 15) is 4.79 Å². The van der Waals surface area contributed by atoms with Crippen molar-refractivity contribution in [1.82, 2.24) is 4.90 Å². The molecule has 1 heterocycles. The number of nitrogens with two attached hydrogens (primary N) is 1. The van der Waals surface area contributed by atoms with Gasteiger partial charge in [-0.3, -0.25) is 9.69 Å². The molecule has 0 bridgehead atoms. The molecule has 0 saturated carbocycles. The van der Waals surface area contributed by atoms with Crippen LogP contribution in [0.15, 0.2) is 0 Å². The van der Waals surface area contributed by atoms with Crippen LogP contribution in [0, 0.1) is 5.41 Å². The zero-order valence-electron chi connectivity index (χ0n) is 10.8. The third-order valence-corrected chi connectivity index (χ3v) is 3.39. The average molecular weight is 228 g/mol. The van der Waals surface area contributed by atoms with Gasteiger partial charge < -0.3 is 10.5 Å². The summed E-state index contributed by atoms with van der Waals surface area (Å²) in [6, 6.07) is 0.764. The van der Waals surface area contributed by atoms with Gasteiger partial charge in [-0.2, -0.15) is 0 Å². The van der Waals surface area contributed by atoms with Gasteiger partial charge >= 0.3 is 5.97 Å². The maximum Gasteiger partial charge on any atom is 0.312 e. The van der Waals surface area contributed by atoms with Gasteiger partial charge in [0.25, 0.3) is 0 Å². The molecule has 0 aromatic carbocycles. The van der Waals surface area contributed by atoms with Gasteiger partial charge in [-0.1, -0.05) is 0 Å². The van der Waals surface area contributed by atoms with Gasteiger partial charge in [0.15, 0.2) is 0 Å². The van der Waals surface area contributed by atoms with E-state index in [0.29, 0.717) is 12.1 Å². The van der Waals surface area contributed by atoms with Crippen LogP contribution in [-0.4, -0.2) is 43.2 Å². The number of esters is 1. The normalized spacial score (nSPS) is 27.8. The summed E-state index contributed by atoms with van der Waals surface area (Å²) in [6.07, 6.45) is 2.03. The number of carbonyl (C=O) groups excluding carboxylic acids is 1. The van der Waals surface area contributed by atoms with Crippen molar-refractivity contribution in [2.24, 2.45) is 11.1 Å². The highest BCUT2D eigenvalue weighted by Crippen LogP contribution is 2.24. The molecule has 2 unspecified atom stereocenters. The lowest BCUT2D eigenvalue weighted by atomic mass is 9.90. The van der Waals surface area contributed by atoms with E-state index in [1.165, 1.54) is 7.11 Å². The molecule has 1 aliphatic heterocycles. The van der Waals surface area contributed by atoms with Crippen molar-refractivity contribution < 1.29 is 9.53 Å². The Hall–Kier alpha value is -0.610. The number of piperidine rings is 1. The van der Waals surface area contributed by atoms with Crippen LogP contribution in [0.5, 0.6) is 0 Å². The molecule has 16 heavy (non-hydrogen) atoms. The predicted molar refractivity (Wildman–Crippen MR) is 64.0 cm³/mol. The molecule has 0 radical (unpaired) electrons. The molecular weight excluding hydrogens is 204 g/mol. The quantitative estimate of drug-likeness (QED) is 0.732. The van der Waals surface area contributed by atoms with E-state index in [1.54, 1.807) is 0 Å². The fraction of sp³-hybridized carbons (Fsp3) is 0.917.